The smallest absolute Gasteiger partial charge is 0.349 e. The lowest BCUT2D eigenvalue weighted by Gasteiger charge is -2.16. The van der Waals surface area contributed by atoms with E-state index in [4.69, 9.17) is 0 Å². The van der Waals surface area contributed by atoms with Gasteiger partial charge >= 0.3 is 12.4 Å². The Balaban J connectivity index is 2.01. The third-order valence-electron chi connectivity index (χ3n) is 5.56. The number of hydrogen-bond acceptors (Lipinski definition) is 4. The fourth-order valence-corrected chi connectivity index (χ4v) is 2.98. The van der Waals surface area contributed by atoms with Crippen molar-refractivity contribution in [2.75, 3.05) is 5.32 Å². The first-order chi connectivity index (χ1) is 16.7. The average Bonchev–Trinajstić information content (AvgIpc) is 3.53. The summed E-state index contributed by atoms with van der Waals surface area (Å²) in [5, 5.41) is 6.09. The number of rotatable bonds is 6. The van der Waals surface area contributed by atoms with Crippen LogP contribution in [-0.4, -0.2) is 27.2 Å². The normalized spacial score (nSPS) is 16.9. The first-order valence-corrected chi connectivity index (χ1v) is 11.2. The number of allylic oxidation sites excluding steroid dienone is 1. The molecule has 0 unspecified atom stereocenters. The molecule has 0 bridgehead atoms. The third kappa shape index (κ3) is 7.28. The Bertz CT molecular complexity index is 1190. The second-order valence-corrected chi connectivity index (χ2v) is 8.76. The predicted octanol–water partition coefficient (Wildman–Crippen LogP) is 6.57. The van der Waals surface area contributed by atoms with E-state index < -0.39 is 23.7 Å². The molecule has 1 saturated carbocycles. The van der Waals surface area contributed by atoms with Crippen molar-refractivity contribution in [2.24, 2.45) is 9.98 Å². The van der Waals surface area contributed by atoms with Gasteiger partial charge in [0, 0.05) is 17.4 Å². The highest BCUT2D eigenvalue weighted by Crippen LogP contribution is 2.35. The zero-order valence-corrected chi connectivity index (χ0v) is 20.1. The van der Waals surface area contributed by atoms with Crippen LogP contribution in [0.4, 0.5) is 32.0 Å². The van der Waals surface area contributed by atoms with Crippen LogP contribution in [0.1, 0.15) is 64.0 Å². The molecule has 1 fully saturated rings. The number of alkyl halides is 6. The number of anilines is 1. The summed E-state index contributed by atoms with van der Waals surface area (Å²) in [4.78, 5) is 16.0. The van der Waals surface area contributed by atoms with Crippen molar-refractivity contribution in [3.63, 3.8) is 0 Å². The minimum atomic E-state index is -4.61. The van der Waals surface area contributed by atoms with E-state index in [9.17, 15) is 26.3 Å². The monoisotopic (exact) mass is 512 g/mol. The quantitative estimate of drug-likeness (QED) is 0.261. The van der Waals surface area contributed by atoms with Crippen LogP contribution in [-0.2, 0) is 12.4 Å². The van der Waals surface area contributed by atoms with Gasteiger partial charge in [0.1, 0.15) is 17.2 Å². The molecule has 1 aliphatic rings. The summed E-state index contributed by atoms with van der Waals surface area (Å²) in [7, 11) is 0. The van der Waals surface area contributed by atoms with Crippen LogP contribution in [0.5, 0.6) is 0 Å². The van der Waals surface area contributed by atoms with E-state index in [1.807, 2.05) is 13.8 Å². The fraction of sp³-hybridized carbons (Fsp3) is 0.417. The molecule has 0 atom stereocenters. The number of hydrogen-bond donors (Lipinski definition) is 2. The Labute approximate surface area is 204 Å². The van der Waals surface area contributed by atoms with Crippen molar-refractivity contribution in [3.8, 4) is 0 Å². The highest BCUT2D eigenvalue weighted by Gasteiger charge is 2.38. The van der Waals surface area contributed by atoms with Gasteiger partial charge in [-0.05, 0) is 69.9 Å². The summed E-state index contributed by atoms with van der Waals surface area (Å²) >= 11 is 0. The second-order valence-electron chi connectivity index (χ2n) is 8.76. The van der Waals surface area contributed by atoms with Gasteiger partial charge in [0.25, 0.3) is 0 Å². The topological polar surface area (TPSA) is 74.6 Å². The maximum atomic E-state index is 13.1. The molecule has 0 amide bonds. The molecular formula is C24H26F6N6. The van der Waals surface area contributed by atoms with Crippen LogP contribution < -0.4 is 10.6 Å². The highest BCUT2D eigenvalue weighted by atomic mass is 19.4. The zero-order chi connectivity index (χ0) is 26.7. The van der Waals surface area contributed by atoms with Gasteiger partial charge in [-0.15, -0.1) is 0 Å². The molecule has 2 N–H and O–H groups in total. The predicted molar refractivity (Wildman–Crippen MR) is 126 cm³/mol. The van der Waals surface area contributed by atoms with E-state index in [-0.39, 0.29) is 34.4 Å². The minimum absolute atomic E-state index is 0.0231. The molecule has 194 valence electrons. The molecule has 0 aliphatic heterocycles. The molecule has 0 aromatic carbocycles. The van der Waals surface area contributed by atoms with Gasteiger partial charge in [-0.2, -0.15) is 31.3 Å². The standard InChI is InChI=1S/C24H26F6N6/c1-5-14(2)20(33-16-9-12-31-19(13-16)24(28,29)30)35-21(36-22(4)10-11-22)32-15(3)17-7-6-8-18(34-17)23(25,26)27/h6-9,12-13H,5,10-11H2,1-4H3,(H,31,33)(H,35,36)/b20-14+,32-15+. The SMILES string of the molecule is CC/C(C)=C(/N=C(\N=C(/C)c1cccc(C(F)(F)F)n1)NC1(C)CC1)Nc1ccnc(C(F)(F)F)c1. The van der Waals surface area contributed by atoms with Crippen molar-refractivity contribution in [3.05, 3.63) is 65.0 Å². The number of guanidine groups is 1. The van der Waals surface area contributed by atoms with Crippen LogP contribution >= 0.6 is 0 Å². The Morgan fingerprint density at radius 1 is 1.00 bits per heavy atom. The van der Waals surface area contributed by atoms with Crippen LogP contribution in [0.15, 0.2) is 57.9 Å². The number of nitrogens with zero attached hydrogens (tertiary/aromatic N) is 4. The number of nitrogens with one attached hydrogen (secondary N) is 2. The number of halogens is 6. The van der Waals surface area contributed by atoms with Gasteiger partial charge in [0.05, 0.1) is 11.4 Å². The van der Waals surface area contributed by atoms with E-state index in [0.29, 0.717) is 6.42 Å². The summed E-state index contributed by atoms with van der Waals surface area (Å²) in [6.07, 6.45) is -5.98. The first kappa shape index (κ1) is 27.2. The van der Waals surface area contributed by atoms with E-state index in [1.165, 1.54) is 25.1 Å². The van der Waals surface area contributed by atoms with Gasteiger partial charge in [-0.25, -0.2) is 9.98 Å². The van der Waals surface area contributed by atoms with Crippen LogP contribution in [0.3, 0.4) is 0 Å². The summed E-state index contributed by atoms with van der Waals surface area (Å²) in [6, 6.07) is 5.77. The van der Waals surface area contributed by atoms with Crippen LogP contribution in [0.2, 0.25) is 0 Å². The molecule has 6 nitrogen and oxygen atoms in total. The van der Waals surface area contributed by atoms with Gasteiger partial charge in [-0.1, -0.05) is 13.0 Å². The Morgan fingerprint density at radius 2 is 1.67 bits per heavy atom. The van der Waals surface area contributed by atoms with Crippen molar-refractivity contribution >= 4 is 17.4 Å². The highest BCUT2D eigenvalue weighted by molar-refractivity contribution is 6.05. The molecule has 1 aliphatic carbocycles. The molecule has 2 aromatic rings. The van der Waals surface area contributed by atoms with Gasteiger partial charge in [0.15, 0.2) is 0 Å². The Kier molecular flexibility index (Phi) is 7.75. The largest absolute Gasteiger partial charge is 0.433 e. The number of pyridine rings is 2. The molecule has 12 heteroatoms. The van der Waals surface area contributed by atoms with Gasteiger partial charge in [-0.3, -0.25) is 4.98 Å². The molecule has 2 aromatic heterocycles. The van der Waals surface area contributed by atoms with Crippen LogP contribution in [0, 0.1) is 0 Å². The van der Waals surface area contributed by atoms with E-state index >= 15 is 0 Å². The van der Waals surface area contributed by atoms with Crippen molar-refractivity contribution < 1.29 is 26.3 Å². The lowest BCUT2D eigenvalue weighted by molar-refractivity contribution is -0.141. The average molecular weight is 513 g/mol. The van der Waals surface area contributed by atoms with E-state index in [0.717, 1.165) is 36.7 Å². The molecule has 36 heavy (non-hydrogen) atoms. The van der Waals surface area contributed by atoms with Crippen LogP contribution in [0.25, 0.3) is 0 Å². The van der Waals surface area contributed by atoms with Crippen molar-refractivity contribution in [1.29, 1.82) is 0 Å². The first-order valence-electron chi connectivity index (χ1n) is 11.2. The van der Waals surface area contributed by atoms with Crippen molar-refractivity contribution in [1.82, 2.24) is 15.3 Å². The summed E-state index contributed by atoms with van der Waals surface area (Å²) in [5.41, 5.74) is -1.33. The summed E-state index contributed by atoms with van der Waals surface area (Å²) in [5.74, 6) is 0.365. The number of aliphatic imine (C=N–C) groups is 2. The summed E-state index contributed by atoms with van der Waals surface area (Å²) < 4.78 is 78.6. The lowest BCUT2D eigenvalue weighted by Crippen LogP contribution is -2.34. The number of aromatic nitrogens is 2. The van der Waals surface area contributed by atoms with Gasteiger partial charge in [0.2, 0.25) is 5.96 Å². The minimum Gasteiger partial charge on any atom is -0.349 e. The molecule has 0 radical (unpaired) electrons. The molecule has 0 spiro atoms. The fourth-order valence-electron chi connectivity index (χ4n) is 2.98. The lowest BCUT2D eigenvalue weighted by atomic mass is 10.2. The maximum Gasteiger partial charge on any atom is 0.433 e. The zero-order valence-electron chi connectivity index (χ0n) is 20.1. The maximum absolute atomic E-state index is 13.1. The molecular weight excluding hydrogens is 486 g/mol. The van der Waals surface area contributed by atoms with E-state index in [1.54, 1.807) is 6.92 Å². The van der Waals surface area contributed by atoms with Crippen molar-refractivity contribution in [2.45, 2.75) is 64.8 Å². The Morgan fingerprint density at radius 3 is 2.25 bits per heavy atom. The third-order valence-corrected chi connectivity index (χ3v) is 5.56. The second kappa shape index (κ2) is 10.3. The Hall–Kier alpha value is -3.44. The van der Waals surface area contributed by atoms with Gasteiger partial charge < -0.3 is 10.6 Å². The molecule has 0 saturated heterocycles. The summed E-state index contributed by atoms with van der Waals surface area (Å²) in [6.45, 7) is 7.07. The molecule has 3 rings (SSSR count). The molecule has 2 heterocycles. The van der Waals surface area contributed by atoms with E-state index in [2.05, 4.69) is 30.6 Å².